The third-order valence-electron chi connectivity index (χ3n) is 2.87. The Bertz CT molecular complexity index is 277. The van der Waals surface area contributed by atoms with E-state index in [4.69, 9.17) is 5.73 Å². The van der Waals surface area contributed by atoms with Gasteiger partial charge in [-0.05, 0) is 19.3 Å². The summed E-state index contributed by atoms with van der Waals surface area (Å²) in [6, 6.07) is -0.0665. The van der Waals surface area contributed by atoms with Gasteiger partial charge >= 0.3 is 0 Å². The highest BCUT2D eigenvalue weighted by atomic mass is 32.2. The maximum atomic E-state index is 11.6. The molecule has 0 radical (unpaired) electrons. The van der Waals surface area contributed by atoms with E-state index in [0.29, 0.717) is 6.42 Å². The first-order chi connectivity index (χ1) is 7.05. The lowest BCUT2D eigenvalue weighted by Crippen LogP contribution is -2.47. The fourth-order valence-corrected chi connectivity index (χ4v) is 3.45. The molecule has 0 spiro atoms. The van der Waals surface area contributed by atoms with Gasteiger partial charge in [-0.25, -0.2) is 13.1 Å². The lowest BCUT2D eigenvalue weighted by molar-refractivity contribution is 0.456. The SMILES string of the molecule is CCCS(=O)(=O)NC1CCCCCC1N. The first-order valence-electron chi connectivity index (χ1n) is 5.81. The van der Waals surface area contributed by atoms with Crippen LogP contribution in [0.4, 0.5) is 0 Å². The van der Waals surface area contributed by atoms with Gasteiger partial charge in [-0.3, -0.25) is 0 Å². The maximum absolute atomic E-state index is 11.6. The zero-order valence-corrected chi connectivity index (χ0v) is 10.2. The van der Waals surface area contributed by atoms with E-state index in [0.717, 1.165) is 25.7 Å². The molecule has 1 saturated carbocycles. The van der Waals surface area contributed by atoms with Crippen molar-refractivity contribution in [2.45, 2.75) is 57.5 Å². The zero-order valence-electron chi connectivity index (χ0n) is 9.41. The minimum atomic E-state index is -3.11. The predicted octanol–water partition coefficient (Wildman–Crippen LogP) is 0.976. The maximum Gasteiger partial charge on any atom is 0.211 e. The molecule has 1 aliphatic carbocycles. The molecule has 2 unspecified atom stereocenters. The number of hydrogen-bond donors (Lipinski definition) is 2. The molecule has 2 atom stereocenters. The second-order valence-electron chi connectivity index (χ2n) is 4.35. The van der Waals surface area contributed by atoms with Crippen LogP contribution in [-0.4, -0.2) is 26.3 Å². The standard InChI is InChI=1S/C10H22N2O2S/c1-2-8-15(13,14)12-10-7-5-3-4-6-9(10)11/h9-10,12H,2-8,11H2,1H3. The molecule has 0 amide bonds. The minimum absolute atomic E-state index is 0.0147. The summed E-state index contributed by atoms with van der Waals surface area (Å²) in [5.74, 6) is 0.205. The van der Waals surface area contributed by atoms with E-state index < -0.39 is 10.0 Å². The van der Waals surface area contributed by atoms with Crippen molar-refractivity contribution in [1.82, 2.24) is 4.72 Å². The van der Waals surface area contributed by atoms with Crippen LogP contribution in [0, 0.1) is 0 Å². The Morgan fingerprint density at radius 2 is 1.93 bits per heavy atom. The van der Waals surface area contributed by atoms with Crippen LogP contribution in [0.2, 0.25) is 0 Å². The molecule has 1 rings (SSSR count). The van der Waals surface area contributed by atoms with Crippen LogP contribution in [0.3, 0.4) is 0 Å². The predicted molar refractivity (Wildman–Crippen MR) is 62.1 cm³/mol. The van der Waals surface area contributed by atoms with Gasteiger partial charge in [0.15, 0.2) is 0 Å². The molecule has 5 heteroatoms. The monoisotopic (exact) mass is 234 g/mol. The summed E-state index contributed by atoms with van der Waals surface area (Å²) in [6.45, 7) is 1.87. The Kier molecular flexibility index (Phi) is 5.02. The average molecular weight is 234 g/mol. The Hall–Kier alpha value is -0.130. The van der Waals surface area contributed by atoms with Crippen molar-refractivity contribution in [3.8, 4) is 0 Å². The number of nitrogens with two attached hydrogens (primary N) is 1. The number of hydrogen-bond acceptors (Lipinski definition) is 3. The molecule has 1 aliphatic rings. The molecule has 0 heterocycles. The Balaban J connectivity index is 2.54. The summed E-state index contributed by atoms with van der Waals surface area (Å²) < 4.78 is 25.9. The van der Waals surface area contributed by atoms with Crippen molar-refractivity contribution in [2.24, 2.45) is 5.73 Å². The van der Waals surface area contributed by atoms with Crippen LogP contribution in [0.1, 0.15) is 45.4 Å². The molecule has 3 N–H and O–H groups in total. The van der Waals surface area contributed by atoms with Crippen molar-refractivity contribution < 1.29 is 8.42 Å². The van der Waals surface area contributed by atoms with Gasteiger partial charge < -0.3 is 5.73 Å². The van der Waals surface area contributed by atoms with Gasteiger partial charge in [-0.15, -0.1) is 0 Å². The van der Waals surface area contributed by atoms with Crippen molar-refractivity contribution >= 4 is 10.0 Å². The van der Waals surface area contributed by atoms with Gasteiger partial charge in [-0.2, -0.15) is 0 Å². The molecule has 15 heavy (non-hydrogen) atoms. The molecule has 0 aliphatic heterocycles. The van der Waals surface area contributed by atoms with Crippen LogP contribution >= 0.6 is 0 Å². The topological polar surface area (TPSA) is 72.2 Å². The van der Waals surface area contributed by atoms with E-state index in [9.17, 15) is 8.42 Å². The van der Waals surface area contributed by atoms with E-state index in [2.05, 4.69) is 4.72 Å². The van der Waals surface area contributed by atoms with Crippen molar-refractivity contribution in [3.05, 3.63) is 0 Å². The molecule has 0 bridgehead atoms. The molecule has 1 fully saturated rings. The van der Waals surface area contributed by atoms with E-state index in [1.807, 2.05) is 6.92 Å². The van der Waals surface area contributed by atoms with Gasteiger partial charge in [-0.1, -0.05) is 26.2 Å². The molecule has 0 aromatic rings. The van der Waals surface area contributed by atoms with Crippen LogP contribution in [0.15, 0.2) is 0 Å². The largest absolute Gasteiger partial charge is 0.326 e. The van der Waals surface area contributed by atoms with Crippen molar-refractivity contribution in [2.75, 3.05) is 5.75 Å². The van der Waals surface area contributed by atoms with E-state index in [1.165, 1.54) is 6.42 Å². The van der Waals surface area contributed by atoms with Crippen molar-refractivity contribution in [1.29, 1.82) is 0 Å². The average Bonchev–Trinajstić information content (AvgIpc) is 2.31. The van der Waals surface area contributed by atoms with E-state index in [-0.39, 0.29) is 17.8 Å². The zero-order chi connectivity index (χ0) is 11.3. The van der Waals surface area contributed by atoms with Gasteiger partial charge in [0.1, 0.15) is 0 Å². The van der Waals surface area contributed by atoms with Gasteiger partial charge in [0, 0.05) is 12.1 Å². The quantitative estimate of drug-likeness (QED) is 0.712. The highest BCUT2D eigenvalue weighted by molar-refractivity contribution is 7.89. The third-order valence-corrected chi connectivity index (χ3v) is 4.48. The Morgan fingerprint density at radius 3 is 2.60 bits per heavy atom. The number of sulfonamides is 1. The van der Waals surface area contributed by atoms with Crippen LogP contribution in [0.25, 0.3) is 0 Å². The smallest absolute Gasteiger partial charge is 0.211 e. The van der Waals surface area contributed by atoms with E-state index >= 15 is 0 Å². The molecule has 0 aromatic carbocycles. The number of rotatable bonds is 4. The summed E-state index contributed by atoms with van der Waals surface area (Å²) in [5.41, 5.74) is 5.96. The molecular weight excluding hydrogens is 212 g/mol. The summed E-state index contributed by atoms with van der Waals surface area (Å²) >= 11 is 0. The van der Waals surface area contributed by atoms with Gasteiger partial charge in [0.25, 0.3) is 0 Å². The minimum Gasteiger partial charge on any atom is -0.326 e. The highest BCUT2D eigenvalue weighted by Crippen LogP contribution is 2.17. The first-order valence-corrected chi connectivity index (χ1v) is 7.46. The van der Waals surface area contributed by atoms with Gasteiger partial charge in [0.05, 0.1) is 5.75 Å². The summed E-state index contributed by atoms with van der Waals surface area (Å²) in [6.07, 6.45) is 5.82. The Morgan fingerprint density at radius 1 is 1.27 bits per heavy atom. The molecule has 90 valence electrons. The number of nitrogens with one attached hydrogen (secondary N) is 1. The summed E-state index contributed by atoms with van der Waals surface area (Å²) in [5, 5.41) is 0. The molecule has 0 aromatic heterocycles. The van der Waals surface area contributed by atoms with Gasteiger partial charge in [0.2, 0.25) is 10.0 Å². The normalized spacial score (nSPS) is 28.7. The van der Waals surface area contributed by atoms with Crippen molar-refractivity contribution in [3.63, 3.8) is 0 Å². The third kappa shape index (κ3) is 4.49. The molecule has 0 saturated heterocycles. The lowest BCUT2D eigenvalue weighted by atomic mass is 10.1. The second-order valence-corrected chi connectivity index (χ2v) is 6.22. The Labute approximate surface area is 92.7 Å². The first kappa shape index (κ1) is 12.9. The molecular formula is C10H22N2O2S. The molecule has 4 nitrogen and oxygen atoms in total. The summed E-state index contributed by atoms with van der Waals surface area (Å²) in [7, 11) is -3.11. The van der Waals surface area contributed by atoms with Crippen LogP contribution in [-0.2, 0) is 10.0 Å². The fourth-order valence-electron chi connectivity index (χ4n) is 2.04. The van der Waals surface area contributed by atoms with Crippen LogP contribution in [0.5, 0.6) is 0 Å². The second kappa shape index (κ2) is 5.82. The summed E-state index contributed by atoms with van der Waals surface area (Å²) in [4.78, 5) is 0. The van der Waals surface area contributed by atoms with E-state index in [1.54, 1.807) is 0 Å². The fraction of sp³-hybridized carbons (Fsp3) is 1.00. The lowest BCUT2D eigenvalue weighted by Gasteiger charge is -2.22. The highest BCUT2D eigenvalue weighted by Gasteiger charge is 2.24. The van der Waals surface area contributed by atoms with Crippen LogP contribution < -0.4 is 10.5 Å².